The van der Waals surface area contributed by atoms with E-state index in [-0.39, 0.29) is 40.6 Å². The molecular formula is C25H26FN5O4. The standard InChI is InChI=1S/C25H26FN5O4/c1-29-22(32)10-20(15-7-8-27-11-19(15)26)28-25(29)30(2)23-17-12-31(13-18(17)23)24(33)16-6-5-14(34-3)9-21(16)35-4/h5-11,17-18,23H,12-13H2,1-4H3/t17-,18+,23+. The second kappa shape index (κ2) is 8.68. The summed E-state index contributed by atoms with van der Waals surface area (Å²) in [6.07, 6.45) is 2.57. The van der Waals surface area contributed by atoms with Crippen LogP contribution in [0.4, 0.5) is 10.3 Å². The van der Waals surface area contributed by atoms with Crippen molar-refractivity contribution in [1.29, 1.82) is 0 Å². The monoisotopic (exact) mass is 479 g/mol. The fraction of sp³-hybridized carbons (Fsp3) is 0.360. The van der Waals surface area contributed by atoms with Crippen LogP contribution < -0.4 is 19.9 Å². The molecule has 1 aliphatic heterocycles. The largest absolute Gasteiger partial charge is 0.497 e. The molecule has 5 rings (SSSR count). The molecule has 1 aromatic carbocycles. The summed E-state index contributed by atoms with van der Waals surface area (Å²) in [5.41, 5.74) is 0.718. The number of carbonyl (C=O) groups excluding carboxylic acids is 1. The van der Waals surface area contributed by atoms with Crippen LogP contribution in [0.3, 0.4) is 0 Å². The zero-order chi connectivity index (χ0) is 24.9. The maximum Gasteiger partial charge on any atom is 0.257 e. The van der Waals surface area contributed by atoms with E-state index in [1.165, 1.54) is 30.0 Å². The van der Waals surface area contributed by atoms with Crippen LogP contribution in [-0.2, 0) is 7.05 Å². The minimum Gasteiger partial charge on any atom is -0.497 e. The van der Waals surface area contributed by atoms with Crippen LogP contribution in [0.5, 0.6) is 11.5 Å². The predicted octanol–water partition coefficient (Wildman–Crippen LogP) is 2.21. The number of ether oxygens (including phenoxy) is 2. The lowest BCUT2D eigenvalue weighted by atomic mass is 10.1. The van der Waals surface area contributed by atoms with Gasteiger partial charge in [0.1, 0.15) is 11.5 Å². The number of aromatic nitrogens is 3. The highest BCUT2D eigenvalue weighted by Crippen LogP contribution is 2.49. The molecule has 0 radical (unpaired) electrons. The molecule has 2 aliphatic rings. The van der Waals surface area contributed by atoms with Crippen molar-refractivity contribution in [2.45, 2.75) is 6.04 Å². The first-order valence-corrected chi connectivity index (χ1v) is 11.3. The number of rotatable bonds is 6. The summed E-state index contributed by atoms with van der Waals surface area (Å²) in [5, 5.41) is 0. The van der Waals surface area contributed by atoms with Gasteiger partial charge in [-0.05, 0) is 18.2 Å². The molecule has 1 amide bonds. The number of pyridine rings is 1. The van der Waals surface area contributed by atoms with Crippen LogP contribution in [0.1, 0.15) is 10.4 Å². The fourth-order valence-electron chi connectivity index (χ4n) is 5.08. The maximum atomic E-state index is 14.3. The minimum atomic E-state index is -0.534. The molecule has 9 nitrogen and oxygen atoms in total. The number of benzene rings is 1. The number of piperidine rings is 1. The van der Waals surface area contributed by atoms with Crippen molar-refractivity contribution >= 4 is 11.9 Å². The molecule has 1 aliphatic carbocycles. The highest BCUT2D eigenvalue weighted by Gasteiger charge is 2.59. The third-order valence-corrected chi connectivity index (χ3v) is 7.00. The van der Waals surface area contributed by atoms with E-state index in [1.807, 2.05) is 16.8 Å². The van der Waals surface area contributed by atoms with Gasteiger partial charge >= 0.3 is 0 Å². The molecule has 3 heterocycles. The quantitative estimate of drug-likeness (QED) is 0.536. The SMILES string of the molecule is COc1ccc(C(=O)N2C[C@@H]3[C@H](C2)[C@H]3N(C)c2nc(-c3ccncc3F)cc(=O)n2C)c(OC)c1. The van der Waals surface area contributed by atoms with Crippen molar-refractivity contribution in [2.24, 2.45) is 18.9 Å². The van der Waals surface area contributed by atoms with Crippen LogP contribution in [0, 0.1) is 17.7 Å². The Labute approximate surface area is 201 Å². The number of halogens is 1. The highest BCUT2D eigenvalue weighted by molar-refractivity contribution is 5.97. The van der Waals surface area contributed by atoms with Crippen molar-refractivity contribution in [3.63, 3.8) is 0 Å². The number of amides is 1. The molecule has 35 heavy (non-hydrogen) atoms. The first-order chi connectivity index (χ1) is 16.8. The van der Waals surface area contributed by atoms with E-state index in [4.69, 9.17) is 9.47 Å². The van der Waals surface area contributed by atoms with Crippen LogP contribution in [0.15, 0.2) is 47.5 Å². The van der Waals surface area contributed by atoms with Gasteiger partial charge in [-0.1, -0.05) is 0 Å². The first kappa shape index (κ1) is 22.8. The van der Waals surface area contributed by atoms with E-state index in [0.29, 0.717) is 36.1 Å². The topological polar surface area (TPSA) is 89.8 Å². The Morgan fingerprint density at radius 1 is 1.14 bits per heavy atom. The van der Waals surface area contributed by atoms with E-state index in [0.717, 1.165) is 6.20 Å². The fourth-order valence-corrected chi connectivity index (χ4v) is 5.08. The van der Waals surface area contributed by atoms with E-state index in [2.05, 4.69) is 9.97 Å². The van der Waals surface area contributed by atoms with Crippen molar-refractivity contribution in [3.8, 4) is 22.8 Å². The Morgan fingerprint density at radius 3 is 2.54 bits per heavy atom. The van der Waals surface area contributed by atoms with Gasteiger partial charge in [-0.2, -0.15) is 0 Å². The van der Waals surface area contributed by atoms with Gasteiger partial charge in [-0.3, -0.25) is 19.1 Å². The number of likely N-dealkylation sites (tertiary alicyclic amines) is 1. The maximum absolute atomic E-state index is 14.3. The van der Waals surface area contributed by atoms with Gasteiger partial charge in [0, 0.05) is 69.0 Å². The summed E-state index contributed by atoms with van der Waals surface area (Å²) in [5.74, 6) is 1.45. The van der Waals surface area contributed by atoms with Crippen LogP contribution >= 0.6 is 0 Å². The molecule has 182 valence electrons. The molecule has 1 saturated carbocycles. The average molecular weight is 480 g/mol. The molecule has 3 atom stereocenters. The molecule has 2 aromatic heterocycles. The second-order valence-corrected chi connectivity index (χ2v) is 8.90. The lowest BCUT2D eigenvalue weighted by Crippen LogP contribution is -2.38. The van der Waals surface area contributed by atoms with E-state index in [9.17, 15) is 14.0 Å². The molecule has 3 aromatic rings. The predicted molar refractivity (Wildman–Crippen MR) is 127 cm³/mol. The Balaban J connectivity index is 1.33. The molecule has 0 bridgehead atoms. The van der Waals surface area contributed by atoms with E-state index in [1.54, 1.807) is 32.4 Å². The summed E-state index contributed by atoms with van der Waals surface area (Å²) in [6, 6.07) is 8.12. The van der Waals surface area contributed by atoms with Gasteiger partial charge in [-0.25, -0.2) is 9.37 Å². The Bertz CT molecular complexity index is 1350. The Morgan fingerprint density at radius 2 is 1.89 bits per heavy atom. The molecule has 0 unspecified atom stereocenters. The smallest absolute Gasteiger partial charge is 0.257 e. The van der Waals surface area contributed by atoms with Crippen molar-refractivity contribution < 1.29 is 18.7 Å². The second-order valence-electron chi connectivity index (χ2n) is 8.90. The summed E-state index contributed by atoms with van der Waals surface area (Å²) in [7, 11) is 6.63. The van der Waals surface area contributed by atoms with Gasteiger partial charge in [0.05, 0.1) is 31.7 Å². The molecular weight excluding hydrogens is 453 g/mol. The van der Waals surface area contributed by atoms with Crippen LogP contribution in [0.2, 0.25) is 0 Å². The number of methoxy groups -OCH3 is 2. The lowest BCUT2D eigenvalue weighted by molar-refractivity contribution is 0.0769. The van der Waals surface area contributed by atoms with Crippen molar-refractivity contribution in [3.05, 3.63) is 64.5 Å². The van der Waals surface area contributed by atoms with Crippen molar-refractivity contribution in [2.75, 3.05) is 39.3 Å². The molecule has 2 fully saturated rings. The van der Waals surface area contributed by atoms with Crippen molar-refractivity contribution in [1.82, 2.24) is 19.4 Å². The average Bonchev–Trinajstić information content (AvgIpc) is 3.37. The summed E-state index contributed by atoms with van der Waals surface area (Å²) in [6.45, 7) is 1.20. The Hall–Kier alpha value is -3.95. The van der Waals surface area contributed by atoms with Gasteiger partial charge in [0.15, 0.2) is 5.82 Å². The van der Waals surface area contributed by atoms with E-state index >= 15 is 0 Å². The normalized spacial score (nSPS) is 20.4. The zero-order valence-electron chi connectivity index (χ0n) is 19.9. The highest BCUT2D eigenvalue weighted by atomic mass is 19.1. The number of hydrogen-bond donors (Lipinski definition) is 0. The van der Waals surface area contributed by atoms with Gasteiger partial charge in [-0.15, -0.1) is 0 Å². The van der Waals surface area contributed by atoms with Gasteiger partial charge in [0.25, 0.3) is 11.5 Å². The van der Waals surface area contributed by atoms with E-state index < -0.39 is 5.82 Å². The van der Waals surface area contributed by atoms with Crippen LogP contribution in [0.25, 0.3) is 11.3 Å². The molecule has 1 saturated heterocycles. The number of anilines is 1. The van der Waals surface area contributed by atoms with Crippen LogP contribution in [-0.4, -0.2) is 65.7 Å². The third-order valence-electron chi connectivity index (χ3n) is 7.00. The Kier molecular flexibility index (Phi) is 5.66. The number of nitrogens with zero attached hydrogens (tertiary/aromatic N) is 5. The first-order valence-electron chi connectivity index (χ1n) is 11.3. The van der Waals surface area contributed by atoms with Gasteiger partial charge in [0.2, 0.25) is 5.95 Å². The molecule has 0 spiro atoms. The molecule has 0 N–H and O–H groups in total. The number of hydrogen-bond acceptors (Lipinski definition) is 7. The summed E-state index contributed by atoms with van der Waals surface area (Å²) >= 11 is 0. The minimum absolute atomic E-state index is 0.0845. The lowest BCUT2D eigenvalue weighted by Gasteiger charge is -2.26. The summed E-state index contributed by atoms with van der Waals surface area (Å²) in [4.78, 5) is 38.0. The number of carbonyl (C=O) groups is 1. The van der Waals surface area contributed by atoms with Gasteiger partial charge < -0.3 is 19.3 Å². The molecule has 10 heteroatoms. The summed E-state index contributed by atoms with van der Waals surface area (Å²) < 4.78 is 26.4. The number of fused-ring (bicyclic) bond motifs is 1. The third kappa shape index (κ3) is 3.88. The zero-order valence-corrected chi connectivity index (χ0v) is 19.9.